The van der Waals surface area contributed by atoms with Crippen molar-refractivity contribution in [3.63, 3.8) is 0 Å². The predicted octanol–water partition coefficient (Wildman–Crippen LogP) is 1.64. The Morgan fingerprint density at radius 3 is 3.19 bits per heavy atom. The Kier molecular flexibility index (Phi) is 2.58. The monoisotopic (exact) mass is 216 g/mol. The minimum atomic E-state index is 0.585. The Morgan fingerprint density at radius 1 is 1.38 bits per heavy atom. The van der Waals surface area contributed by atoms with Gasteiger partial charge in [0.15, 0.2) is 0 Å². The Morgan fingerprint density at radius 2 is 2.38 bits per heavy atom. The van der Waals surface area contributed by atoms with Gasteiger partial charge in [-0.05, 0) is 25.5 Å². The third kappa shape index (κ3) is 1.93. The zero-order chi connectivity index (χ0) is 10.8. The first-order valence-corrected chi connectivity index (χ1v) is 5.94. The fourth-order valence-corrected chi connectivity index (χ4v) is 2.34. The summed E-state index contributed by atoms with van der Waals surface area (Å²) in [4.78, 5) is 12.0. The van der Waals surface area contributed by atoms with Crippen LogP contribution in [0.3, 0.4) is 0 Å². The van der Waals surface area contributed by atoms with Crippen molar-refractivity contribution in [2.75, 3.05) is 6.54 Å². The summed E-state index contributed by atoms with van der Waals surface area (Å²) in [6.45, 7) is 1.15. The predicted molar refractivity (Wildman–Crippen MR) is 63.2 cm³/mol. The number of hydrogen-bond acceptors (Lipinski definition) is 3. The molecule has 0 bridgehead atoms. The lowest BCUT2D eigenvalue weighted by molar-refractivity contribution is 0.395. The zero-order valence-electron chi connectivity index (χ0n) is 9.24. The number of H-pyrrole nitrogens is 1. The molecule has 0 radical (unpaired) electrons. The van der Waals surface area contributed by atoms with E-state index in [0.717, 1.165) is 29.8 Å². The number of aromatic nitrogens is 3. The highest BCUT2D eigenvalue weighted by Crippen LogP contribution is 2.14. The summed E-state index contributed by atoms with van der Waals surface area (Å²) in [5, 5.41) is 3.54. The van der Waals surface area contributed by atoms with Crippen LogP contribution < -0.4 is 5.32 Å². The second-order valence-electron chi connectivity index (χ2n) is 4.43. The Balaban J connectivity index is 1.78. The van der Waals surface area contributed by atoms with Gasteiger partial charge < -0.3 is 10.3 Å². The first kappa shape index (κ1) is 9.78. The van der Waals surface area contributed by atoms with Crippen LogP contribution in [0.1, 0.15) is 25.1 Å². The Hall–Kier alpha value is -1.42. The summed E-state index contributed by atoms with van der Waals surface area (Å²) in [6.07, 6.45) is 8.51. The molecule has 3 heterocycles. The van der Waals surface area contributed by atoms with E-state index in [2.05, 4.69) is 20.3 Å². The number of hydrogen-bond donors (Lipinski definition) is 2. The topological polar surface area (TPSA) is 53.6 Å². The van der Waals surface area contributed by atoms with Crippen LogP contribution in [0.4, 0.5) is 0 Å². The van der Waals surface area contributed by atoms with Gasteiger partial charge in [-0.25, -0.2) is 4.98 Å². The third-order valence-electron chi connectivity index (χ3n) is 3.18. The van der Waals surface area contributed by atoms with Crippen molar-refractivity contribution >= 4 is 11.0 Å². The van der Waals surface area contributed by atoms with Gasteiger partial charge in [-0.3, -0.25) is 4.98 Å². The van der Waals surface area contributed by atoms with Crippen LogP contribution in [0.25, 0.3) is 11.0 Å². The number of nitrogens with one attached hydrogen (secondary N) is 2. The Labute approximate surface area is 94.5 Å². The van der Waals surface area contributed by atoms with E-state index in [4.69, 9.17) is 0 Å². The molecule has 1 aliphatic rings. The first-order chi connectivity index (χ1) is 7.92. The van der Waals surface area contributed by atoms with Crippen molar-refractivity contribution in [2.24, 2.45) is 0 Å². The average Bonchev–Trinajstić information content (AvgIpc) is 2.72. The lowest BCUT2D eigenvalue weighted by Gasteiger charge is -2.22. The van der Waals surface area contributed by atoms with Crippen LogP contribution in [0.5, 0.6) is 0 Å². The smallest absolute Gasteiger partial charge is 0.108 e. The molecule has 0 aromatic carbocycles. The molecule has 4 nitrogen and oxygen atoms in total. The molecular weight excluding hydrogens is 200 g/mol. The van der Waals surface area contributed by atoms with Gasteiger partial charge in [-0.1, -0.05) is 6.42 Å². The van der Waals surface area contributed by atoms with E-state index >= 15 is 0 Å². The van der Waals surface area contributed by atoms with E-state index < -0.39 is 0 Å². The fourth-order valence-electron chi connectivity index (χ4n) is 2.34. The van der Waals surface area contributed by atoms with E-state index in [-0.39, 0.29) is 0 Å². The molecule has 3 rings (SSSR count). The van der Waals surface area contributed by atoms with Crippen molar-refractivity contribution in [1.29, 1.82) is 0 Å². The lowest BCUT2D eigenvalue weighted by atomic mass is 10.0. The summed E-state index contributed by atoms with van der Waals surface area (Å²) >= 11 is 0. The van der Waals surface area contributed by atoms with Crippen molar-refractivity contribution in [3.8, 4) is 0 Å². The third-order valence-corrected chi connectivity index (χ3v) is 3.18. The summed E-state index contributed by atoms with van der Waals surface area (Å²) in [5.41, 5.74) is 2.05. The van der Waals surface area contributed by atoms with E-state index in [0.29, 0.717) is 6.04 Å². The van der Waals surface area contributed by atoms with Gasteiger partial charge in [-0.15, -0.1) is 0 Å². The maximum Gasteiger partial charge on any atom is 0.108 e. The molecule has 16 heavy (non-hydrogen) atoms. The molecule has 1 aliphatic heterocycles. The van der Waals surface area contributed by atoms with Gasteiger partial charge in [0.05, 0.1) is 17.2 Å². The second-order valence-corrected chi connectivity index (χ2v) is 4.43. The number of imidazole rings is 1. The Bertz CT molecular complexity index is 438. The molecule has 2 N–H and O–H groups in total. The highest BCUT2D eigenvalue weighted by Gasteiger charge is 2.14. The molecule has 0 aliphatic carbocycles. The van der Waals surface area contributed by atoms with Gasteiger partial charge in [0.2, 0.25) is 0 Å². The SMILES string of the molecule is c1cc2nc(CC3CCCCN3)[nH]c2cn1. The largest absolute Gasteiger partial charge is 0.341 e. The minimum absolute atomic E-state index is 0.585. The minimum Gasteiger partial charge on any atom is -0.341 e. The van der Waals surface area contributed by atoms with Crippen LogP contribution in [0, 0.1) is 0 Å². The highest BCUT2D eigenvalue weighted by molar-refractivity contribution is 5.73. The molecule has 1 saturated heterocycles. The summed E-state index contributed by atoms with van der Waals surface area (Å²) < 4.78 is 0. The van der Waals surface area contributed by atoms with Gasteiger partial charge in [0.1, 0.15) is 5.82 Å². The van der Waals surface area contributed by atoms with Crippen LogP contribution >= 0.6 is 0 Å². The van der Waals surface area contributed by atoms with Crippen LogP contribution in [-0.4, -0.2) is 27.5 Å². The normalized spacial score (nSPS) is 21.4. The molecule has 4 heteroatoms. The summed E-state index contributed by atoms with van der Waals surface area (Å²) in [6, 6.07) is 2.53. The number of nitrogens with zero attached hydrogens (tertiary/aromatic N) is 2. The van der Waals surface area contributed by atoms with E-state index in [9.17, 15) is 0 Å². The van der Waals surface area contributed by atoms with Crippen molar-refractivity contribution in [1.82, 2.24) is 20.3 Å². The molecule has 84 valence electrons. The molecule has 2 aromatic rings. The molecule has 2 aromatic heterocycles. The fraction of sp³-hybridized carbons (Fsp3) is 0.500. The van der Waals surface area contributed by atoms with Gasteiger partial charge in [-0.2, -0.15) is 0 Å². The molecule has 0 saturated carbocycles. The summed E-state index contributed by atoms with van der Waals surface area (Å²) in [7, 11) is 0. The number of fused-ring (bicyclic) bond motifs is 1. The molecular formula is C12H16N4. The van der Waals surface area contributed by atoms with Crippen LogP contribution in [0.2, 0.25) is 0 Å². The van der Waals surface area contributed by atoms with Gasteiger partial charge in [0, 0.05) is 18.7 Å². The standard InChI is InChI=1S/C12H16N4/c1-2-5-14-9(3-1)7-12-15-10-4-6-13-8-11(10)16-12/h4,6,8-9,14H,1-3,5,7H2,(H,15,16). The molecule has 0 amide bonds. The molecule has 1 unspecified atom stereocenters. The van der Waals surface area contributed by atoms with Crippen molar-refractivity contribution in [2.45, 2.75) is 31.7 Å². The molecule has 1 atom stereocenters. The lowest BCUT2D eigenvalue weighted by Crippen LogP contribution is -2.35. The van der Waals surface area contributed by atoms with Crippen LogP contribution in [-0.2, 0) is 6.42 Å². The van der Waals surface area contributed by atoms with Gasteiger partial charge in [0.25, 0.3) is 0 Å². The maximum atomic E-state index is 4.57. The summed E-state index contributed by atoms with van der Waals surface area (Å²) in [5.74, 6) is 1.07. The number of pyridine rings is 1. The molecule has 1 fully saturated rings. The van der Waals surface area contributed by atoms with Crippen molar-refractivity contribution < 1.29 is 0 Å². The highest BCUT2D eigenvalue weighted by atomic mass is 15.0. The number of rotatable bonds is 2. The van der Waals surface area contributed by atoms with Gasteiger partial charge >= 0.3 is 0 Å². The van der Waals surface area contributed by atoms with Crippen LogP contribution in [0.15, 0.2) is 18.5 Å². The zero-order valence-corrected chi connectivity index (χ0v) is 9.24. The number of aromatic amines is 1. The first-order valence-electron chi connectivity index (χ1n) is 5.94. The van der Waals surface area contributed by atoms with Crippen molar-refractivity contribution in [3.05, 3.63) is 24.3 Å². The number of piperidine rings is 1. The maximum absolute atomic E-state index is 4.57. The molecule has 0 spiro atoms. The quantitative estimate of drug-likeness (QED) is 0.802. The van der Waals surface area contributed by atoms with E-state index in [1.807, 2.05) is 12.3 Å². The van der Waals surface area contributed by atoms with E-state index in [1.54, 1.807) is 6.20 Å². The van der Waals surface area contributed by atoms with E-state index in [1.165, 1.54) is 19.3 Å². The average molecular weight is 216 g/mol. The second kappa shape index (κ2) is 4.22.